The summed E-state index contributed by atoms with van der Waals surface area (Å²) in [5.41, 5.74) is 2.25. The number of nitrogens with zero attached hydrogens (tertiary/aromatic N) is 1. The quantitative estimate of drug-likeness (QED) is 0.850. The van der Waals surface area contributed by atoms with Crippen molar-refractivity contribution in [3.05, 3.63) is 41.6 Å². The summed E-state index contributed by atoms with van der Waals surface area (Å²) in [5, 5.41) is 9.30. The molecule has 1 aromatic carbocycles. The minimum Gasteiger partial charge on any atom is -0.388 e. The standard InChI is InChI=1S/C12H13N3O2/c1-8-7-11(17-15-8)14-12(16)9-3-5-10(13-2)6-4-9/h3-7,13H,1-2H3,(H,14,16). The monoisotopic (exact) mass is 231 g/mol. The molecule has 1 heterocycles. The Bertz CT molecular complexity index is 517. The van der Waals surface area contributed by atoms with Crippen molar-refractivity contribution in [2.24, 2.45) is 0 Å². The number of rotatable bonds is 3. The molecule has 0 fully saturated rings. The fourth-order valence-corrected chi connectivity index (χ4v) is 1.39. The third kappa shape index (κ3) is 2.63. The predicted molar refractivity (Wildman–Crippen MR) is 65.2 cm³/mol. The molecular weight excluding hydrogens is 218 g/mol. The zero-order valence-corrected chi connectivity index (χ0v) is 9.65. The van der Waals surface area contributed by atoms with Gasteiger partial charge in [0.1, 0.15) is 0 Å². The van der Waals surface area contributed by atoms with Crippen LogP contribution < -0.4 is 10.6 Å². The van der Waals surface area contributed by atoms with E-state index in [9.17, 15) is 4.79 Å². The van der Waals surface area contributed by atoms with Gasteiger partial charge in [0.2, 0.25) is 5.88 Å². The minimum atomic E-state index is -0.219. The second-order valence-electron chi connectivity index (χ2n) is 3.61. The van der Waals surface area contributed by atoms with E-state index < -0.39 is 0 Å². The zero-order chi connectivity index (χ0) is 12.3. The number of nitrogens with one attached hydrogen (secondary N) is 2. The van der Waals surface area contributed by atoms with E-state index in [1.165, 1.54) is 0 Å². The Labute approximate surface area is 98.8 Å². The maximum absolute atomic E-state index is 11.8. The number of carbonyl (C=O) groups is 1. The predicted octanol–water partition coefficient (Wildman–Crippen LogP) is 2.28. The molecule has 1 aromatic heterocycles. The smallest absolute Gasteiger partial charge is 0.258 e. The first-order valence-corrected chi connectivity index (χ1v) is 5.21. The van der Waals surface area contributed by atoms with Gasteiger partial charge < -0.3 is 9.84 Å². The fraction of sp³-hybridized carbons (Fsp3) is 0.167. The number of benzene rings is 1. The molecule has 0 saturated carbocycles. The largest absolute Gasteiger partial charge is 0.388 e. The van der Waals surface area contributed by atoms with Crippen LogP contribution in [0.5, 0.6) is 0 Å². The van der Waals surface area contributed by atoms with Gasteiger partial charge in [-0.2, -0.15) is 0 Å². The van der Waals surface area contributed by atoms with E-state index in [2.05, 4.69) is 15.8 Å². The van der Waals surface area contributed by atoms with Crippen LogP contribution in [0.15, 0.2) is 34.9 Å². The van der Waals surface area contributed by atoms with Gasteiger partial charge in [0.25, 0.3) is 5.91 Å². The average Bonchev–Trinajstić information content (AvgIpc) is 2.75. The summed E-state index contributed by atoms with van der Waals surface area (Å²) in [4.78, 5) is 11.8. The second-order valence-corrected chi connectivity index (χ2v) is 3.61. The molecule has 0 unspecified atom stereocenters. The van der Waals surface area contributed by atoms with Crippen LogP contribution in [0.2, 0.25) is 0 Å². The summed E-state index contributed by atoms with van der Waals surface area (Å²) in [7, 11) is 1.83. The Balaban J connectivity index is 2.09. The number of amides is 1. The highest BCUT2D eigenvalue weighted by Gasteiger charge is 2.08. The van der Waals surface area contributed by atoms with Crippen LogP contribution >= 0.6 is 0 Å². The number of hydrogen-bond donors (Lipinski definition) is 2. The molecule has 0 radical (unpaired) electrons. The molecule has 5 nitrogen and oxygen atoms in total. The first-order valence-electron chi connectivity index (χ1n) is 5.21. The van der Waals surface area contributed by atoms with E-state index in [1.54, 1.807) is 25.1 Å². The third-order valence-electron chi connectivity index (χ3n) is 2.30. The van der Waals surface area contributed by atoms with Gasteiger partial charge in [0.05, 0.1) is 5.69 Å². The number of carbonyl (C=O) groups excluding carboxylic acids is 1. The topological polar surface area (TPSA) is 67.2 Å². The lowest BCUT2D eigenvalue weighted by Gasteiger charge is -2.03. The van der Waals surface area contributed by atoms with E-state index >= 15 is 0 Å². The molecule has 0 saturated heterocycles. The molecule has 0 aliphatic rings. The summed E-state index contributed by atoms with van der Waals surface area (Å²) in [6, 6.07) is 8.82. The van der Waals surface area contributed by atoms with E-state index in [-0.39, 0.29) is 5.91 Å². The lowest BCUT2D eigenvalue weighted by molar-refractivity contribution is 0.102. The lowest BCUT2D eigenvalue weighted by atomic mass is 10.2. The molecule has 0 aliphatic carbocycles. The van der Waals surface area contributed by atoms with Crippen molar-refractivity contribution in [1.82, 2.24) is 5.16 Å². The highest BCUT2D eigenvalue weighted by molar-refractivity contribution is 6.03. The van der Waals surface area contributed by atoms with Crippen molar-refractivity contribution in [1.29, 1.82) is 0 Å². The Hall–Kier alpha value is -2.30. The van der Waals surface area contributed by atoms with E-state index in [1.807, 2.05) is 19.2 Å². The van der Waals surface area contributed by atoms with Crippen LogP contribution in [0, 0.1) is 6.92 Å². The Morgan fingerprint density at radius 1 is 1.29 bits per heavy atom. The van der Waals surface area contributed by atoms with Gasteiger partial charge in [-0.1, -0.05) is 5.16 Å². The number of hydrogen-bond acceptors (Lipinski definition) is 4. The van der Waals surface area contributed by atoms with Gasteiger partial charge in [-0.3, -0.25) is 10.1 Å². The first-order chi connectivity index (χ1) is 8.19. The highest BCUT2D eigenvalue weighted by Crippen LogP contribution is 2.12. The summed E-state index contributed by atoms with van der Waals surface area (Å²) in [5.74, 6) is 0.133. The van der Waals surface area contributed by atoms with Crippen molar-refractivity contribution in [3.63, 3.8) is 0 Å². The summed E-state index contributed by atoms with van der Waals surface area (Å²) >= 11 is 0. The molecule has 2 rings (SSSR count). The maximum atomic E-state index is 11.8. The highest BCUT2D eigenvalue weighted by atomic mass is 16.5. The van der Waals surface area contributed by atoms with E-state index in [0.29, 0.717) is 11.4 Å². The van der Waals surface area contributed by atoms with Gasteiger partial charge in [0.15, 0.2) is 0 Å². The summed E-state index contributed by atoms with van der Waals surface area (Å²) in [6.45, 7) is 1.79. The van der Waals surface area contributed by atoms with Crippen LogP contribution in [-0.4, -0.2) is 18.1 Å². The molecule has 0 spiro atoms. The fourth-order valence-electron chi connectivity index (χ4n) is 1.39. The molecule has 88 valence electrons. The Kier molecular flexibility index (Phi) is 3.09. The van der Waals surface area contributed by atoms with Crippen LogP contribution in [0.3, 0.4) is 0 Å². The van der Waals surface area contributed by atoms with Crippen molar-refractivity contribution >= 4 is 17.5 Å². The van der Waals surface area contributed by atoms with Crippen LogP contribution in [0.1, 0.15) is 16.1 Å². The molecule has 5 heteroatoms. The molecule has 2 N–H and O–H groups in total. The van der Waals surface area contributed by atoms with Gasteiger partial charge >= 0.3 is 0 Å². The van der Waals surface area contributed by atoms with E-state index in [0.717, 1.165) is 11.4 Å². The van der Waals surface area contributed by atoms with Gasteiger partial charge in [-0.05, 0) is 31.2 Å². The van der Waals surface area contributed by atoms with Crippen LogP contribution in [0.25, 0.3) is 0 Å². The third-order valence-corrected chi connectivity index (χ3v) is 2.30. The molecule has 2 aromatic rings. The SMILES string of the molecule is CNc1ccc(C(=O)Nc2cc(C)no2)cc1. The molecular formula is C12H13N3O2. The van der Waals surface area contributed by atoms with Crippen molar-refractivity contribution in [2.45, 2.75) is 6.92 Å². The summed E-state index contributed by atoms with van der Waals surface area (Å²) < 4.78 is 4.91. The molecule has 0 aliphatic heterocycles. The van der Waals surface area contributed by atoms with Crippen molar-refractivity contribution < 1.29 is 9.32 Å². The average molecular weight is 231 g/mol. The maximum Gasteiger partial charge on any atom is 0.258 e. The molecule has 0 atom stereocenters. The molecule has 0 bridgehead atoms. The van der Waals surface area contributed by atoms with E-state index in [4.69, 9.17) is 4.52 Å². The first kappa shape index (κ1) is 11.2. The van der Waals surface area contributed by atoms with Gasteiger partial charge in [-0.15, -0.1) is 0 Å². The van der Waals surface area contributed by atoms with Crippen LogP contribution in [0.4, 0.5) is 11.6 Å². The summed E-state index contributed by atoms with van der Waals surface area (Å²) in [6.07, 6.45) is 0. The molecule has 17 heavy (non-hydrogen) atoms. The van der Waals surface area contributed by atoms with Gasteiger partial charge in [-0.25, -0.2) is 0 Å². The second kappa shape index (κ2) is 4.69. The molecule has 1 amide bonds. The Morgan fingerprint density at radius 3 is 2.53 bits per heavy atom. The van der Waals surface area contributed by atoms with Crippen molar-refractivity contribution in [2.75, 3.05) is 17.7 Å². The number of aryl methyl sites for hydroxylation is 1. The normalized spacial score (nSPS) is 10.0. The number of aromatic nitrogens is 1. The number of anilines is 2. The van der Waals surface area contributed by atoms with Crippen molar-refractivity contribution in [3.8, 4) is 0 Å². The van der Waals surface area contributed by atoms with Crippen LogP contribution in [-0.2, 0) is 0 Å². The van der Waals surface area contributed by atoms with Gasteiger partial charge in [0, 0.05) is 24.4 Å². The minimum absolute atomic E-state index is 0.219. The lowest BCUT2D eigenvalue weighted by Crippen LogP contribution is -2.11. The Morgan fingerprint density at radius 2 is 2.00 bits per heavy atom. The zero-order valence-electron chi connectivity index (χ0n) is 9.65.